The maximum absolute atomic E-state index is 13.4. The second-order valence-electron chi connectivity index (χ2n) is 9.46. The number of rotatable bonds is 3. The van der Waals surface area contributed by atoms with E-state index in [9.17, 15) is 14.0 Å². The van der Waals surface area contributed by atoms with Gasteiger partial charge in [0.1, 0.15) is 5.82 Å². The lowest BCUT2D eigenvalue weighted by Crippen LogP contribution is -2.53. The summed E-state index contributed by atoms with van der Waals surface area (Å²) in [5, 5.41) is 5.59. The molecule has 2 bridgehead atoms. The van der Waals surface area contributed by atoms with Crippen molar-refractivity contribution in [2.75, 3.05) is 43.9 Å². The van der Waals surface area contributed by atoms with Crippen molar-refractivity contribution < 1.29 is 9.18 Å². The zero-order valence-electron chi connectivity index (χ0n) is 18.4. The Morgan fingerprint density at radius 3 is 2.66 bits per heavy atom. The number of benzene rings is 1. The third-order valence-corrected chi connectivity index (χ3v) is 7.15. The van der Waals surface area contributed by atoms with E-state index in [0.717, 1.165) is 38.3 Å². The van der Waals surface area contributed by atoms with Gasteiger partial charge in [0.25, 0.3) is 5.56 Å². The quantitative estimate of drug-likeness (QED) is 0.771. The second-order valence-corrected chi connectivity index (χ2v) is 9.46. The number of fused-ring (bicyclic) bond motifs is 4. The Morgan fingerprint density at radius 2 is 1.88 bits per heavy atom. The third kappa shape index (κ3) is 4.29. The van der Waals surface area contributed by atoms with Gasteiger partial charge in [0.05, 0.1) is 5.69 Å². The topological polar surface area (TPSA) is 69.6 Å². The van der Waals surface area contributed by atoms with Crippen molar-refractivity contribution >= 4 is 17.4 Å². The SMILES string of the molecule is CN1CCC(N2CC3CC(C2)c2c(NC(=O)Nc4cccc(F)c4)ccc(=O)n2C3)CC1. The van der Waals surface area contributed by atoms with Gasteiger partial charge in [0, 0.05) is 49.0 Å². The molecular weight excluding hydrogens is 409 g/mol. The molecule has 7 nitrogen and oxygen atoms in total. The molecule has 2 unspecified atom stereocenters. The largest absolute Gasteiger partial charge is 0.323 e. The summed E-state index contributed by atoms with van der Waals surface area (Å²) < 4.78 is 15.3. The van der Waals surface area contributed by atoms with E-state index in [0.29, 0.717) is 29.9 Å². The second kappa shape index (κ2) is 8.67. The van der Waals surface area contributed by atoms with Crippen LogP contribution in [0.15, 0.2) is 41.2 Å². The summed E-state index contributed by atoms with van der Waals surface area (Å²) in [5.74, 6) is 0.254. The Kier molecular flexibility index (Phi) is 5.73. The number of pyridine rings is 1. The molecule has 0 spiro atoms. The first-order chi connectivity index (χ1) is 15.5. The minimum absolute atomic E-state index is 0.0153. The lowest BCUT2D eigenvalue weighted by molar-refractivity contribution is 0.0519. The number of likely N-dealkylation sites (tertiary alicyclic amines) is 2. The van der Waals surface area contributed by atoms with Crippen LogP contribution in [-0.4, -0.2) is 59.7 Å². The zero-order valence-corrected chi connectivity index (χ0v) is 18.4. The molecule has 1 aromatic carbocycles. The highest BCUT2D eigenvalue weighted by Crippen LogP contribution is 2.40. The van der Waals surface area contributed by atoms with E-state index < -0.39 is 11.8 Å². The van der Waals surface area contributed by atoms with E-state index in [-0.39, 0.29) is 11.5 Å². The highest BCUT2D eigenvalue weighted by Gasteiger charge is 2.39. The minimum atomic E-state index is -0.442. The first kappa shape index (κ1) is 21.2. The number of nitrogens with one attached hydrogen (secondary N) is 2. The van der Waals surface area contributed by atoms with Gasteiger partial charge >= 0.3 is 6.03 Å². The molecule has 5 rings (SSSR count). The number of carbonyl (C=O) groups is 1. The number of piperidine rings is 2. The molecule has 170 valence electrons. The molecule has 8 heteroatoms. The highest BCUT2D eigenvalue weighted by atomic mass is 19.1. The van der Waals surface area contributed by atoms with Crippen molar-refractivity contribution in [1.29, 1.82) is 0 Å². The fourth-order valence-electron chi connectivity index (χ4n) is 5.67. The Morgan fingerprint density at radius 1 is 1.06 bits per heavy atom. The Bertz CT molecular complexity index is 1060. The van der Waals surface area contributed by atoms with Crippen LogP contribution in [0.3, 0.4) is 0 Å². The van der Waals surface area contributed by atoms with E-state index in [2.05, 4.69) is 27.5 Å². The summed E-state index contributed by atoms with van der Waals surface area (Å²) in [4.78, 5) is 30.3. The highest BCUT2D eigenvalue weighted by molar-refractivity contribution is 6.00. The molecule has 32 heavy (non-hydrogen) atoms. The van der Waals surface area contributed by atoms with Crippen LogP contribution < -0.4 is 16.2 Å². The van der Waals surface area contributed by atoms with Crippen molar-refractivity contribution in [2.24, 2.45) is 5.92 Å². The lowest BCUT2D eigenvalue weighted by Gasteiger charge is -2.47. The van der Waals surface area contributed by atoms with E-state index in [1.54, 1.807) is 18.2 Å². The zero-order chi connectivity index (χ0) is 22.2. The summed E-state index contributed by atoms with van der Waals surface area (Å²) in [6, 6.07) is 9.17. The smallest absolute Gasteiger partial charge is 0.310 e. The molecule has 1 aromatic heterocycles. The van der Waals surface area contributed by atoms with Crippen molar-refractivity contribution in [3.05, 3.63) is 58.3 Å². The summed E-state index contributed by atoms with van der Waals surface area (Å²) >= 11 is 0. The first-order valence-corrected chi connectivity index (χ1v) is 11.5. The van der Waals surface area contributed by atoms with Gasteiger partial charge in [-0.1, -0.05) is 6.07 Å². The maximum Gasteiger partial charge on any atom is 0.323 e. The molecule has 4 heterocycles. The number of hydrogen-bond acceptors (Lipinski definition) is 4. The Balaban J connectivity index is 1.36. The van der Waals surface area contributed by atoms with Crippen LogP contribution in [-0.2, 0) is 6.54 Å². The monoisotopic (exact) mass is 439 g/mol. The van der Waals surface area contributed by atoms with E-state index >= 15 is 0 Å². The maximum atomic E-state index is 13.4. The van der Waals surface area contributed by atoms with Crippen LogP contribution in [0.1, 0.15) is 30.9 Å². The number of hydrogen-bond donors (Lipinski definition) is 2. The van der Waals surface area contributed by atoms with Crippen LogP contribution in [0.2, 0.25) is 0 Å². The van der Waals surface area contributed by atoms with Crippen molar-refractivity contribution in [3.8, 4) is 0 Å². The average Bonchev–Trinajstić information content (AvgIpc) is 2.76. The predicted molar refractivity (Wildman–Crippen MR) is 123 cm³/mol. The van der Waals surface area contributed by atoms with Crippen LogP contribution in [0.5, 0.6) is 0 Å². The number of aromatic nitrogens is 1. The molecule has 0 saturated carbocycles. The normalized spacial score (nSPS) is 24.1. The number of halogens is 1. The number of carbonyl (C=O) groups excluding carboxylic acids is 1. The number of urea groups is 1. The molecule has 0 radical (unpaired) electrons. The lowest BCUT2D eigenvalue weighted by atomic mass is 9.81. The fraction of sp³-hybridized carbons (Fsp3) is 0.500. The molecule has 2 saturated heterocycles. The molecule has 3 aliphatic heterocycles. The van der Waals surface area contributed by atoms with Crippen molar-refractivity contribution in [3.63, 3.8) is 0 Å². The average molecular weight is 440 g/mol. The Labute approximate surface area is 187 Å². The molecule has 2 amide bonds. The molecular formula is C24H30FN5O2. The van der Waals surface area contributed by atoms with Gasteiger partial charge in [-0.15, -0.1) is 0 Å². The molecule has 2 N–H and O–H groups in total. The van der Waals surface area contributed by atoms with Gasteiger partial charge in [-0.05, 0) is 69.6 Å². The minimum Gasteiger partial charge on any atom is -0.310 e. The van der Waals surface area contributed by atoms with Gasteiger partial charge < -0.3 is 20.1 Å². The van der Waals surface area contributed by atoms with Crippen LogP contribution >= 0.6 is 0 Å². The van der Waals surface area contributed by atoms with Crippen LogP contribution in [0.4, 0.5) is 20.6 Å². The van der Waals surface area contributed by atoms with Gasteiger partial charge in [-0.2, -0.15) is 0 Å². The first-order valence-electron chi connectivity index (χ1n) is 11.5. The molecule has 2 aromatic rings. The summed E-state index contributed by atoms with van der Waals surface area (Å²) in [6.45, 7) is 4.89. The molecule has 3 aliphatic rings. The molecule has 2 atom stereocenters. The van der Waals surface area contributed by atoms with E-state index in [1.165, 1.54) is 31.0 Å². The van der Waals surface area contributed by atoms with Gasteiger partial charge in [-0.3, -0.25) is 9.69 Å². The van der Waals surface area contributed by atoms with E-state index in [1.807, 2.05) is 4.57 Å². The van der Waals surface area contributed by atoms with Crippen molar-refractivity contribution in [1.82, 2.24) is 14.4 Å². The van der Waals surface area contributed by atoms with Gasteiger partial charge in [-0.25, -0.2) is 9.18 Å². The van der Waals surface area contributed by atoms with Gasteiger partial charge in [0.15, 0.2) is 0 Å². The number of nitrogens with zero attached hydrogens (tertiary/aromatic N) is 3. The predicted octanol–water partition coefficient (Wildman–Crippen LogP) is 3.14. The number of anilines is 2. The summed E-state index contributed by atoms with van der Waals surface area (Å²) in [6.07, 6.45) is 3.39. The van der Waals surface area contributed by atoms with Gasteiger partial charge in [0.2, 0.25) is 0 Å². The van der Waals surface area contributed by atoms with Crippen LogP contribution in [0, 0.1) is 11.7 Å². The van der Waals surface area contributed by atoms with E-state index in [4.69, 9.17) is 0 Å². The fourth-order valence-corrected chi connectivity index (χ4v) is 5.67. The summed E-state index contributed by atoms with van der Waals surface area (Å²) in [7, 11) is 2.18. The standard InChI is InChI=1S/C24H30FN5O2/c1-28-9-7-20(8-10-28)29-13-16-11-17(15-29)23-21(5-6-22(31)30(23)14-16)27-24(32)26-19-4-2-3-18(25)12-19/h2-6,12,16-17,20H,7-11,13-15H2,1H3,(H2,26,27,32). The Hall–Kier alpha value is -2.71. The molecule has 2 fully saturated rings. The number of amides is 2. The van der Waals surface area contributed by atoms with Crippen LogP contribution in [0.25, 0.3) is 0 Å². The van der Waals surface area contributed by atoms with Crippen molar-refractivity contribution in [2.45, 2.75) is 37.8 Å². The molecule has 0 aliphatic carbocycles. The summed E-state index contributed by atoms with van der Waals surface area (Å²) in [5.41, 5.74) is 1.95. The third-order valence-electron chi connectivity index (χ3n) is 7.15.